The van der Waals surface area contributed by atoms with Crippen LogP contribution in [0, 0.1) is 0 Å². The van der Waals surface area contributed by atoms with Crippen molar-refractivity contribution in [2.45, 2.75) is 25.5 Å². The summed E-state index contributed by atoms with van der Waals surface area (Å²) in [5.41, 5.74) is 0. The Kier molecular flexibility index (Phi) is 3.69. The number of thioether (sulfide) groups is 2. The first-order valence-corrected chi connectivity index (χ1v) is 6.85. The number of hydrogen-bond acceptors (Lipinski definition) is 6. The van der Waals surface area contributed by atoms with E-state index in [-0.39, 0.29) is 0 Å². The monoisotopic (exact) mass is 243 g/mol. The van der Waals surface area contributed by atoms with Crippen LogP contribution >= 0.6 is 23.5 Å². The summed E-state index contributed by atoms with van der Waals surface area (Å²) in [4.78, 5) is 8.65. The third-order valence-electron chi connectivity index (χ3n) is 1.88. The first kappa shape index (κ1) is 11.0. The minimum atomic E-state index is 0.325. The molecule has 0 amide bonds. The second-order valence-corrected chi connectivity index (χ2v) is 5.79. The lowest BCUT2D eigenvalue weighted by atomic mass is 10.2. The molecule has 0 N–H and O–H groups in total. The minimum Gasteiger partial charge on any atom is -0.338 e. The molecule has 1 aliphatic heterocycles. The molecule has 1 aromatic heterocycles. The molecule has 1 aromatic rings. The average Bonchev–Trinajstić information content (AvgIpc) is 2.86. The highest BCUT2D eigenvalue weighted by molar-refractivity contribution is 8.38. The van der Waals surface area contributed by atoms with Gasteiger partial charge in [0.05, 0.1) is 12.3 Å². The lowest BCUT2D eigenvalue weighted by molar-refractivity contribution is 0.383. The Bertz CT molecular complexity index is 362. The summed E-state index contributed by atoms with van der Waals surface area (Å²) in [6, 6.07) is 0. The molecule has 82 valence electrons. The summed E-state index contributed by atoms with van der Waals surface area (Å²) in [5.74, 6) is 3.63. The van der Waals surface area contributed by atoms with Gasteiger partial charge in [0.25, 0.3) is 0 Å². The summed E-state index contributed by atoms with van der Waals surface area (Å²) < 4.78 is 6.28. The van der Waals surface area contributed by atoms with E-state index in [0.29, 0.717) is 11.8 Å². The molecule has 0 fully saturated rings. The zero-order chi connectivity index (χ0) is 10.7. The van der Waals surface area contributed by atoms with Gasteiger partial charge in [0, 0.05) is 11.7 Å². The Morgan fingerprint density at radius 2 is 2.40 bits per heavy atom. The van der Waals surface area contributed by atoms with E-state index < -0.39 is 0 Å². The van der Waals surface area contributed by atoms with E-state index in [1.807, 2.05) is 0 Å². The lowest BCUT2D eigenvalue weighted by Gasteiger charge is -1.94. The molecule has 15 heavy (non-hydrogen) atoms. The van der Waals surface area contributed by atoms with Crippen molar-refractivity contribution in [3.63, 3.8) is 0 Å². The van der Waals surface area contributed by atoms with Gasteiger partial charge in [0.2, 0.25) is 5.89 Å². The van der Waals surface area contributed by atoms with Crippen molar-refractivity contribution in [1.29, 1.82) is 0 Å². The standard InChI is InChI=1S/C9H13N3OS2/c1-6(2)8-11-7(13-12-8)5-15-9-10-3-4-14-9/h6H,3-5H2,1-2H3. The number of aliphatic imine (C=N–C) groups is 1. The summed E-state index contributed by atoms with van der Waals surface area (Å²) in [5, 5.41) is 3.91. The van der Waals surface area contributed by atoms with Crippen LogP contribution in [0.3, 0.4) is 0 Å². The third kappa shape index (κ3) is 2.98. The van der Waals surface area contributed by atoms with E-state index in [2.05, 4.69) is 29.0 Å². The smallest absolute Gasteiger partial charge is 0.237 e. The van der Waals surface area contributed by atoms with Crippen LogP contribution in [0.25, 0.3) is 0 Å². The van der Waals surface area contributed by atoms with Crippen molar-refractivity contribution in [3.8, 4) is 0 Å². The van der Waals surface area contributed by atoms with Crippen molar-refractivity contribution in [2.24, 2.45) is 4.99 Å². The summed E-state index contributed by atoms with van der Waals surface area (Å²) in [7, 11) is 0. The molecule has 2 rings (SSSR count). The van der Waals surface area contributed by atoms with Crippen LogP contribution in [-0.2, 0) is 5.75 Å². The molecule has 0 aliphatic carbocycles. The van der Waals surface area contributed by atoms with E-state index in [9.17, 15) is 0 Å². The molecule has 0 unspecified atom stereocenters. The maximum Gasteiger partial charge on any atom is 0.237 e. The summed E-state index contributed by atoms with van der Waals surface area (Å²) in [6.45, 7) is 5.05. The van der Waals surface area contributed by atoms with E-state index in [1.165, 1.54) is 0 Å². The molecule has 6 heteroatoms. The zero-order valence-corrected chi connectivity index (χ0v) is 10.4. The molecule has 0 atom stereocenters. The Balaban J connectivity index is 1.87. The van der Waals surface area contributed by atoms with Crippen LogP contribution in [-0.4, -0.2) is 26.8 Å². The highest BCUT2D eigenvalue weighted by atomic mass is 32.2. The third-order valence-corrected chi connectivity index (χ3v) is 4.11. The molecule has 0 radical (unpaired) electrons. The molecule has 0 saturated carbocycles. The van der Waals surface area contributed by atoms with Crippen LogP contribution in [0.5, 0.6) is 0 Å². The van der Waals surface area contributed by atoms with Crippen molar-refractivity contribution in [3.05, 3.63) is 11.7 Å². The fourth-order valence-corrected chi connectivity index (χ4v) is 2.93. The van der Waals surface area contributed by atoms with Crippen LogP contribution < -0.4 is 0 Å². The maximum absolute atomic E-state index is 5.14. The van der Waals surface area contributed by atoms with Gasteiger partial charge in [-0.05, 0) is 0 Å². The van der Waals surface area contributed by atoms with Crippen molar-refractivity contribution < 1.29 is 4.52 Å². The van der Waals surface area contributed by atoms with Crippen LogP contribution in [0.15, 0.2) is 9.52 Å². The first-order chi connectivity index (χ1) is 7.25. The van der Waals surface area contributed by atoms with Gasteiger partial charge in [-0.25, -0.2) is 0 Å². The van der Waals surface area contributed by atoms with Crippen molar-refractivity contribution in [2.75, 3.05) is 12.3 Å². The molecule has 0 bridgehead atoms. The minimum absolute atomic E-state index is 0.325. The molecule has 1 aliphatic rings. The lowest BCUT2D eigenvalue weighted by Crippen LogP contribution is -1.90. The van der Waals surface area contributed by atoms with Gasteiger partial charge in [-0.2, -0.15) is 4.98 Å². The second kappa shape index (κ2) is 5.03. The van der Waals surface area contributed by atoms with Gasteiger partial charge in [0.1, 0.15) is 4.38 Å². The van der Waals surface area contributed by atoms with Crippen molar-refractivity contribution in [1.82, 2.24) is 10.1 Å². The molecule has 0 spiro atoms. The number of aromatic nitrogens is 2. The Morgan fingerprint density at radius 3 is 3.00 bits per heavy atom. The fourth-order valence-electron chi connectivity index (χ4n) is 1.09. The van der Waals surface area contributed by atoms with E-state index >= 15 is 0 Å². The predicted octanol–water partition coefficient (Wildman–Crippen LogP) is 2.53. The SMILES string of the molecule is CC(C)c1noc(CSC2=NCCS2)n1. The molecular weight excluding hydrogens is 230 g/mol. The van der Waals surface area contributed by atoms with Crippen molar-refractivity contribution >= 4 is 27.9 Å². The first-order valence-electron chi connectivity index (χ1n) is 4.88. The van der Waals surface area contributed by atoms with Gasteiger partial charge < -0.3 is 4.52 Å². The summed E-state index contributed by atoms with van der Waals surface area (Å²) >= 11 is 3.48. The molecular formula is C9H13N3OS2. The van der Waals surface area contributed by atoms with Crippen LogP contribution in [0.1, 0.15) is 31.5 Å². The van der Waals surface area contributed by atoms with E-state index in [0.717, 1.165) is 28.3 Å². The number of nitrogens with zero attached hydrogens (tertiary/aromatic N) is 3. The normalized spacial score (nSPS) is 16.1. The second-order valence-electron chi connectivity index (χ2n) is 3.49. The average molecular weight is 243 g/mol. The van der Waals surface area contributed by atoms with Crippen LogP contribution in [0.4, 0.5) is 0 Å². The Morgan fingerprint density at radius 1 is 1.53 bits per heavy atom. The Labute approximate surface area is 97.3 Å². The summed E-state index contributed by atoms with van der Waals surface area (Å²) in [6.07, 6.45) is 0. The zero-order valence-electron chi connectivity index (χ0n) is 8.77. The molecule has 0 saturated heterocycles. The predicted molar refractivity (Wildman–Crippen MR) is 64.4 cm³/mol. The molecule has 2 heterocycles. The van der Waals surface area contributed by atoms with Gasteiger partial charge >= 0.3 is 0 Å². The number of hydrogen-bond donors (Lipinski definition) is 0. The topological polar surface area (TPSA) is 51.3 Å². The maximum atomic E-state index is 5.14. The van der Waals surface area contributed by atoms with E-state index in [4.69, 9.17) is 4.52 Å². The van der Waals surface area contributed by atoms with E-state index in [1.54, 1.807) is 23.5 Å². The highest BCUT2D eigenvalue weighted by Crippen LogP contribution is 2.25. The fraction of sp³-hybridized carbons (Fsp3) is 0.667. The van der Waals surface area contributed by atoms with Crippen LogP contribution in [0.2, 0.25) is 0 Å². The highest BCUT2D eigenvalue weighted by Gasteiger charge is 2.12. The van der Waals surface area contributed by atoms with Gasteiger partial charge in [-0.15, -0.1) is 0 Å². The van der Waals surface area contributed by atoms with Gasteiger partial charge in [-0.3, -0.25) is 4.99 Å². The van der Waals surface area contributed by atoms with Gasteiger partial charge in [-0.1, -0.05) is 42.5 Å². The molecule has 4 nitrogen and oxygen atoms in total. The Hall–Kier alpha value is -0.490. The van der Waals surface area contributed by atoms with Gasteiger partial charge in [0.15, 0.2) is 5.82 Å². The number of rotatable bonds is 3. The quantitative estimate of drug-likeness (QED) is 0.816. The largest absolute Gasteiger partial charge is 0.338 e. The molecule has 0 aromatic carbocycles.